The van der Waals surface area contributed by atoms with Crippen LogP contribution in [0.1, 0.15) is 24.2 Å². The van der Waals surface area contributed by atoms with Crippen molar-refractivity contribution in [2.45, 2.75) is 13.8 Å². The summed E-state index contributed by atoms with van der Waals surface area (Å²) in [6, 6.07) is 9.55. The highest BCUT2D eigenvalue weighted by Gasteiger charge is 2.15. The smallest absolute Gasteiger partial charge is 0.252 e. The molecule has 2 heterocycles. The highest BCUT2D eigenvalue weighted by Crippen LogP contribution is 2.23. The number of likely N-dealkylation sites (N-methyl/N-ethyl adjacent to an activating group) is 1. The molecule has 3 rings (SSSR count). The number of carbonyl (C=O) groups is 1. The predicted molar refractivity (Wildman–Crippen MR) is 104 cm³/mol. The molecule has 0 bridgehead atoms. The molecule has 0 atom stereocenters. The number of aryl methyl sites for hydroxylation is 1. The number of fused-ring (bicyclic) bond motifs is 1. The molecule has 0 aliphatic heterocycles. The largest absolute Gasteiger partial charge is 0.351 e. The van der Waals surface area contributed by atoms with Gasteiger partial charge in [-0.25, -0.2) is 9.97 Å². The van der Waals surface area contributed by atoms with E-state index in [0.29, 0.717) is 17.8 Å². The van der Waals surface area contributed by atoms with E-state index in [1.54, 1.807) is 6.20 Å². The summed E-state index contributed by atoms with van der Waals surface area (Å²) in [5, 5.41) is 3.89. The number of nitrogens with one attached hydrogen (secondary N) is 1. The maximum Gasteiger partial charge on any atom is 0.252 e. The quantitative estimate of drug-likeness (QED) is 0.711. The summed E-state index contributed by atoms with van der Waals surface area (Å²) in [5.74, 6) is 0.666. The Balaban J connectivity index is 1.91. The Labute approximate surface area is 153 Å². The summed E-state index contributed by atoms with van der Waals surface area (Å²) < 4.78 is 1.90. The van der Waals surface area contributed by atoms with Gasteiger partial charge in [-0.2, -0.15) is 0 Å². The second-order valence-corrected chi connectivity index (χ2v) is 6.22. The molecule has 1 N–H and O–H groups in total. The minimum absolute atomic E-state index is 0.0776. The number of hydrogen-bond acceptors (Lipinski definition) is 4. The zero-order chi connectivity index (χ0) is 18.5. The number of pyridine rings is 1. The Hall–Kier alpha value is -2.73. The van der Waals surface area contributed by atoms with Crippen LogP contribution < -0.4 is 5.32 Å². The number of imidazole rings is 1. The van der Waals surface area contributed by atoms with Gasteiger partial charge in [0.2, 0.25) is 0 Å². The number of rotatable bonds is 7. The van der Waals surface area contributed by atoms with E-state index in [1.165, 1.54) is 0 Å². The lowest BCUT2D eigenvalue weighted by Gasteiger charge is -2.18. The molecule has 6 nitrogen and oxygen atoms in total. The van der Waals surface area contributed by atoms with Crippen LogP contribution in [-0.4, -0.2) is 51.5 Å². The fourth-order valence-electron chi connectivity index (χ4n) is 3.05. The summed E-state index contributed by atoms with van der Waals surface area (Å²) in [6.45, 7) is 7.67. The average molecular weight is 351 g/mol. The second-order valence-electron chi connectivity index (χ2n) is 6.22. The molecule has 0 aliphatic rings. The third kappa shape index (κ3) is 3.75. The molecule has 1 aromatic carbocycles. The first kappa shape index (κ1) is 18.1. The minimum atomic E-state index is -0.0776. The van der Waals surface area contributed by atoms with Crippen molar-refractivity contribution in [1.82, 2.24) is 24.8 Å². The van der Waals surface area contributed by atoms with Gasteiger partial charge in [-0.05, 0) is 25.2 Å². The van der Waals surface area contributed by atoms with Crippen molar-refractivity contribution in [3.8, 4) is 11.5 Å². The Kier molecular flexibility index (Phi) is 5.63. The molecule has 0 saturated carbocycles. The van der Waals surface area contributed by atoms with Gasteiger partial charge in [0, 0.05) is 37.9 Å². The van der Waals surface area contributed by atoms with Crippen molar-refractivity contribution >= 4 is 16.8 Å². The zero-order valence-electron chi connectivity index (χ0n) is 15.6. The monoisotopic (exact) mass is 351 g/mol. The predicted octanol–water partition coefficient (Wildman–Crippen LogP) is 2.71. The lowest BCUT2D eigenvalue weighted by molar-refractivity contribution is 0.0950. The molecule has 0 saturated heterocycles. The Morgan fingerprint density at radius 3 is 2.69 bits per heavy atom. The van der Waals surface area contributed by atoms with E-state index in [-0.39, 0.29) is 5.91 Å². The van der Waals surface area contributed by atoms with E-state index in [9.17, 15) is 4.79 Å². The maximum absolute atomic E-state index is 12.8. The van der Waals surface area contributed by atoms with Crippen molar-refractivity contribution in [3.63, 3.8) is 0 Å². The Morgan fingerprint density at radius 2 is 2.00 bits per heavy atom. The van der Waals surface area contributed by atoms with Crippen molar-refractivity contribution in [2.75, 3.05) is 26.2 Å². The molecule has 0 radical (unpaired) electrons. The van der Waals surface area contributed by atoms with Crippen LogP contribution in [0.4, 0.5) is 0 Å². The van der Waals surface area contributed by atoms with Crippen LogP contribution in [0.5, 0.6) is 0 Å². The summed E-state index contributed by atoms with van der Waals surface area (Å²) in [4.78, 5) is 24.2. The first-order chi connectivity index (χ1) is 12.6. The van der Waals surface area contributed by atoms with E-state index < -0.39 is 0 Å². The van der Waals surface area contributed by atoms with Crippen molar-refractivity contribution in [3.05, 3.63) is 48.3 Å². The highest BCUT2D eigenvalue weighted by atomic mass is 16.1. The fraction of sp³-hybridized carbons (Fsp3) is 0.350. The molecule has 136 valence electrons. The number of nitrogens with zero attached hydrogens (tertiary/aromatic N) is 4. The van der Waals surface area contributed by atoms with Crippen molar-refractivity contribution < 1.29 is 4.79 Å². The SMILES string of the molecule is CCN(CC)CCNC(=O)c1cc(-c2nccn2C)nc2ccccc12. The van der Waals surface area contributed by atoms with Crippen LogP contribution in [0.2, 0.25) is 0 Å². The van der Waals surface area contributed by atoms with Gasteiger partial charge < -0.3 is 14.8 Å². The Morgan fingerprint density at radius 1 is 1.23 bits per heavy atom. The van der Waals surface area contributed by atoms with Crippen molar-refractivity contribution in [2.24, 2.45) is 7.05 Å². The van der Waals surface area contributed by atoms with E-state index in [2.05, 4.69) is 34.0 Å². The Bertz CT molecular complexity index is 898. The molecule has 6 heteroatoms. The fourth-order valence-corrected chi connectivity index (χ4v) is 3.05. The minimum Gasteiger partial charge on any atom is -0.351 e. The van der Waals surface area contributed by atoms with E-state index in [1.807, 2.05) is 48.1 Å². The van der Waals surface area contributed by atoms with Crippen LogP contribution in [0.15, 0.2) is 42.7 Å². The van der Waals surface area contributed by atoms with Gasteiger partial charge in [-0.1, -0.05) is 32.0 Å². The average Bonchev–Trinajstić information content (AvgIpc) is 3.10. The molecule has 2 aromatic heterocycles. The molecular formula is C20H25N5O. The summed E-state index contributed by atoms with van der Waals surface area (Å²) in [7, 11) is 1.92. The molecule has 0 unspecified atom stereocenters. The van der Waals surface area contributed by atoms with Crippen LogP contribution in [0.3, 0.4) is 0 Å². The van der Waals surface area contributed by atoms with Gasteiger partial charge in [0.25, 0.3) is 5.91 Å². The third-order valence-corrected chi connectivity index (χ3v) is 4.62. The number of benzene rings is 1. The van der Waals surface area contributed by atoms with Crippen LogP contribution in [0, 0.1) is 0 Å². The summed E-state index contributed by atoms with van der Waals surface area (Å²) in [5.41, 5.74) is 2.13. The molecule has 26 heavy (non-hydrogen) atoms. The normalized spacial score (nSPS) is 11.2. The van der Waals surface area contributed by atoms with Gasteiger partial charge in [-0.3, -0.25) is 4.79 Å². The van der Waals surface area contributed by atoms with Gasteiger partial charge in [0.1, 0.15) is 5.69 Å². The number of hydrogen-bond donors (Lipinski definition) is 1. The summed E-state index contributed by atoms with van der Waals surface area (Å²) >= 11 is 0. The maximum atomic E-state index is 12.8. The van der Waals surface area contributed by atoms with Gasteiger partial charge in [0.15, 0.2) is 5.82 Å². The summed E-state index contributed by atoms with van der Waals surface area (Å²) in [6.07, 6.45) is 3.60. The van der Waals surface area contributed by atoms with Crippen LogP contribution in [0.25, 0.3) is 22.4 Å². The van der Waals surface area contributed by atoms with E-state index in [0.717, 1.165) is 36.4 Å². The zero-order valence-corrected chi connectivity index (χ0v) is 15.6. The van der Waals surface area contributed by atoms with Crippen molar-refractivity contribution in [1.29, 1.82) is 0 Å². The van der Waals surface area contributed by atoms with E-state index >= 15 is 0 Å². The molecule has 0 spiro atoms. The van der Waals surface area contributed by atoms with E-state index in [4.69, 9.17) is 0 Å². The molecular weight excluding hydrogens is 326 g/mol. The highest BCUT2D eigenvalue weighted by molar-refractivity contribution is 6.07. The molecule has 0 aliphatic carbocycles. The van der Waals surface area contributed by atoms with Crippen LogP contribution in [-0.2, 0) is 7.05 Å². The number of carbonyl (C=O) groups excluding carboxylic acids is 1. The lowest BCUT2D eigenvalue weighted by atomic mass is 10.1. The standard InChI is InChI=1S/C20H25N5O/c1-4-25(5-2)13-11-22-20(26)16-14-18(19-21-10-12-24(19)3)23-17-9-7-6-8-15(16)17/h6-10,12,14H,4-5,11,13H2,1-3H3,(H,22,26). The van der Waals surface area contributed by atoms with Gasteiger partial charge in [-0.15, -0.1) is 0 Å². The second kappa shape index (κ2) is 8.10. The van der Waals surface area contributed by atoms with Crippen LogP contribution >= 0.6 is 0 Å². The number of amides is 1. The lowest BCUT2D eigenvalue weighted by Crippen LogP contribution is -2.34. The number of aromatic nitrogens is 3. The third-order valence-electron chi connectivity index (χ3n) is 4.62. The molecule has 1 amide bonds. The number of para-hydroxylation sites is 1. The van der Waals surface area contributed by atoms with Gasteiger partial charge in [0.05, 0.1) is 11.1 Å². The first-order valence-corrected chi connectivity index (χ1v) is 9.02. The topological polar surface area (TPSA) is 63.1 Å². The molecule has 0 fully saturated rings. The first-order valence-electron chi connectivity index (χ1n) is 9.02. The van der Waals surface area contributed by atoms with Gasteiger partial charge >= 0.3 is 0 Å². The molecule has 3 aromatic rings.